The molecule has 0 aromatic carbocycles. The first-order valence-corrected chi connectivity index (χ1v) is 4.58. The molecule has 0 radical (unpaired) electrons. The monoisotopic (exact) mass is 169 g/mol. The van der Waals surface area contributed by atoms with E-state index >= 15 is 0 Å². The van der Waals surface area contributed by atoms with Gasteiger partial charge in [0.15, 0.2) is 0 Å². The van der Waals surface area contributed by atoms with E-state index in [1.54, 1.807) is 5.01 Å². The summed E-state index contributed by atoms with van der Waals surface area (Å²) in [5, 5.41) is 1.62. The number of nitrogens with two attached hydrogens (primary N) is 1. The van der Waals surface area contributed by atoms with Gasteiger partial charge in [-0.25, -0.2) is 10.2 Å². The Labute approximate surface area is 72.1 Å². The Balaban J connectivity index is 2.05. The minimum atomic E-state index is -0.330. The van der Waals surface area contributed by atoms with Gasteiger partial charge in [-0.1, -0.05) is 19.3 Å². The summed E-state index contributed by atoms with van der Waals surface area (Å²) < 4.78 is 0. The lowest BCUT2D eigenvalue weighted by Gasteiger charge is -2.54. The van der Waals surface area contributed by atoms with Crippen molar-refractivity contribution in [2.45, 2.75) is 37.6 Å². The summed E-state index contributed by atoms with van der Waals surface area (Å²) in [5.41, 5.74) is 8.28. The molecule has 12 heavy (non-hydrogen) atoms. The average molecular weight is 169 g/mol. The third-order valence-electron chi connectivity index (χ3n) is 3.05. The number of urea groups is 1. The fraction of sp³-hybridized carbons (Fsp3) is 0.875. The van der Waals surface area contributed by atoms with Crippen LogP contribution in [0.4, 0.5) is 4.79 Å². The molecule has 0 bridgehead atoms. The number of hydrogen-bond acceptors (Lipinski definition) is 2. The number of primary amides is 1. The average Bonchev–Trinajstić information content (AvgIpc) is 2.03. The minimum absolute atomic E-state index is 0.0874. The van der Waals surface area contributed by atoms with Crippen molar-refractivity contribution in [3.8, 4) is 0 Å². The van der Waals surface area contributed by atoms with E-state index in [1.807, 2.05) is 0 Å². The molecule has 1 aliphatic carbocycles. The Kier molecular flexibility index (Phi) is 1.72. The number of carbonyl (C=O) groups excluding carboxylic acids is 1. The molecule has 0 aromatic rings. The summed E-state index contributed by atoms with van der Waals surface area (Å²) in [6, 6.07) is -0.330. The number of carbonyl (C=O) groups is 1. The third kappa shape index (κ3) is 0.982. The summed E-state index contributed by atoms with van der Waals surface area (Å²) in [6.07, 6.45) is 5.98. The Morgan fingerprint density at radius 3 is 2.42 bits per heavy atom. The van der Waals surface area contributed by atoms with Gasteiger partial charge >= 0.3 is 6.03 Å². The van der Waals surface area contributed by atoms with Crippen LogP contribution in [0.3, 0.4) is 0 Å². The van der Waals surface area contributed by atoms with E-state index in [9.17, 15) is 4.79 Å². The molecule has 2 fully saturated rings. The summed E-state index contributed by atoms with van der Waals surface area (Å²) in [7, 11) is 0. The second-order valence-corrected chi connectivity index (χ2v) is 3.79. The third-order valence-corrected chi connectivity index (χ3v) is 3.05. The van der Waals surface area contributed by atoms with Gasteiger partial charge in [0.25, 0.3) is 0 Å². The van der Waals surface area contributed by atoms with Crippen LogP contribution in [-0.2, 0) is 0 Å². The Bertz CT molecular complexity index is 198. The standard InChI is InChI=1S/C8H15N3O/c9-7(12)11-8(6-10-11)4-2-1-3-5-8/h10H,1-6H2,(H2,9,12). The number of amides is 2. The second kappa shape index (κ2) is 2.62. The quantitative estimate of drug-likeness (QED) is 0.557. The zero-order valence-corrected chi connectivity index (χ0v) is 7.18. The maximum Gasteiger partial charge on any atom is 0.329 e. The van der Waals surface area contributed by atoms with Crippen molar-refractivity contribution in [3.05, 3.63) is 0 Å². The van der Waals surface area contributed by atoms with Crippen LogP contribution in [0.5, 0.6) is 0 Å². The smallest absolute Gasteiger partial charge is 0.329 e. The van der Waals surface area contributed by atoms with Crippen LogP contribution in [0.15, 0.2) is 0 Å². The molecule has 2 rings (SSSR count). The van der Waals surface area contributed by atoms with Gasteiger partial charge in [0, 0.05) is 6.54 Å². The highest BCUT2D eigenvalue weighted by molar-refractivity contribution is 5.73. The fourth-order valence-corrected chi connectivity index (χ4v) is 2.30. The van der Waals surface area contributed by atoms with Crippen molar-refractivity contribution in [2.75, 3.05) is 6.54 Å². The first-order chi connectivity index (χ1) is 5.75. The van der Waals surface area contributed by atoms with Gasteiger partial charge < -0.3 is 5.73 Å². The molecule has 0 aromatic heterocycles. The zero-order valence-electron chi connectivity index (χ0n) is 7.18. The number of nitrogens with zero attached hydrogens (tertiary/aromatic N) is 1. The Hall–Kier alpha value is -0.770. The molecule has 1 saturated carbocycles. The first kappa shape index (κ1) is 7.86. The molecular formula is C8H15N3O. The Morgan fingerprint density at radius 2 is 2.00 bits per heavy atom. The van der Waals surface area contributed by atoms with Gasteiger partial charge in [0.05, 0.1) is 5.54 Å². The first-order valence-electron chi connectivity index (χ1n) is 4.58. The van der Waals surface area contributed by atoms with Crippen molar-refractivity contribution < 1.29 is 4.79 Å². The Morgan fingerprint density at radius 1 is 1.33 bits per heavy atom. The van der Waals surface area contributed by atoms with Crippen molar-refractivity contribution in [3.63, 3.8) is 0 Å². The van der Waals surface area contributed by atoms with Crippen LogP contribution < -0.4 is 11.2 Å². The van der Waals surface area contributed by atoms with Crippen molar-refractivity contribution >= 4 is 6.03 Å². The van der Waals surface area contributed by atoms with E-state index in [0.717, 1.165) is 19.4 Å². The molecule has 4 heteroatoms. The van der Waals surface area contributed by atoms with E-state index in [2.05, 4.69) is 5.43 Å². The molecule has 0 unspecified atom stereocenters. The van der Waals surface area contributed by atoms with E-state index in [4.69, 9.17) is 5.73 Å². The summed E-state index contributed by atoms with van der Waals surface area (Å²) >= 11 is 0. The van der Waals surface area contributed by atoms with Crippen LogP contribution in [0.2, 0.25) is 0 Å². The topological polar surface area (TPSA) is 58.4 Å². The fourth-order valence-electron chi connectivity index (χ4n) is 2.30. The maximum atomic E-state index is 10.9. The van der Waals surface area contributed by atoms with Crippen LogP contribution in [0.1, 0.15) is 32.1 Å². The normalized spacial score (nSPS) is 26.8. The van der Waals surface area contributed by atoms with Gasteiger partial charge in [-0.05, 0) is 12.8 Å². The molecule has 68 valence electrons. The van der Waals surface area contributed by atoms with Crippen LogP contribution in [0.25, 0.3) is 0 Å². The van der Waals surface area contributed by atoms with Gasteiger partial charge in [-0.15, -0.1) is 0 Å². The lowest BCUT2D eigenvalue weighted by Crippen LogP contribution is -2.75. The van der Waals surface area contributed by atoms with E-state index in [1.165, 1.54) is 19.3 Å². The van der Waals surface area contributed by atoms with E-state index in [0.29, 0.717) is 0 Å². The summed E-state index contributed by atoms with van der Waals surface area (Å²) in [6.45, 7) is 0.927. The highest BCUT2D eigenvalue weighted by Crippen LogP contribution is 2.36. The number of hydrogen-bond donors (Lipinski definition) is 2. The molecule has 3 N–H and O–H groups in total. The van der Waals surface area contributed by atoms with Crippen molar-refractivity contribution in [2.24, 2.45) is 5.73 Å². The van der Waals surface area contributed by atoms with E-state index < -0.39 is 0 Å². The molecular weight excluding hydrogens is 154 g/mol. The van der Waals surface area contributed by atoms with Crippen LogP contribution in [-0.4, -0.2) is 23.1 Å². The molecule has 4 nitrogen and oxygen atoms in total. The van der Waals surface area contributed by atoms with Crippen LogP contribution >= 0.6 is 0 Å². The maximum absolute atomic E-state index is 10.9. The van der Waals surface area contributed by atoms with Gasteiger partial charge in [-0.3, -0.25) is 5.01 Å². The summed E-state index contributed by atoms with van der Waals surface area (Å²) in [4.78, 5) is 10.9. The molecule has 1 aliphatic heterocycles. The van der Waals surface area contributed by atoms with E-state index in [-0.39, 0.29) is 11.6 Å². The molecule has 1 heterocycles. The SMILES string of the molecule is NC(=O)N1NCC12CCCCC2. The van der Waals surface area contributed by atoms with Crippen LogP contribution in [0, 0.1) is 0 Å². The summed E-state index contributed by atoms with van der Waals surface area (Å²) in [5.74, 6) is 0. The molecule has 1 saturated heterocycles. The van der Waals surface area contributed by atoms with Gasteiger partial charge in [0.2, 0.25) is 0 Å². The zero-order chi connectivity index (χ0) is 8.60. The molecule has 2 amide bonds. The molecule has 0 atom stereocenters. The highest BCUT2D eigenvalue weighted by atomic mass is 16.2. The lowest BCUT2D eigenvalue weighted by molar-refractivity contribution is -0.0441. The number of rotatable bonds is 0. The molecule has 1 spiro atoms. The lowest BCUT2D eigenvalue weighted by atomic mass is 9.79. The second-order valence-electron chi connectivity index (χ2n) is 3.79. The van der Waals surface area contributed by atoms with Crippen molar-refractivity contribution in [1.29, 1.82) is 0 Å². The van der Waals surface area contributed by atoms with Crippen molar-refractivity contribution in [1.82, 2.24) is 10.4 Å². The largest absolute Gasteiger partial charge is 0.350 e. The number of hydrazine groups is 1. The number of nitrogens with one attached hydrogen (secondary N) is 1. The minimum Gasteiger partial charge on any atom is -0.350 e. The highest BCUT2D eigenvalue weighted by Gasteiger charge is 2.47. The molecule has 2 aliphatic rings. The predicted molar refractivity (Wildman–Crippen MR) is 45.2 cm³/mol. The predicted octanol–water partition coefficient (Wildman–Crippen LogP) is 0.588. The van der Waals surface area contributed by atoms with Gasteiger partial charge in [-0.2, -0.15) is 0 Å². The van der Waals surface area contributed by atoms with Gasteiger partial charge in [0.1, 0.15) is 0 Å².